The van der Waals surface area contributed by atoms with Gasteiger partial charge in [0.2, 0.25) is 0 Å². The van der Waals surface area contributed by atoms with Crippen LogP contribution in [0.15, 0.2) is 22.7 Å². The first-order valence-electron chi connectivity index (χ1n) is 6.95. The van der Waals surface area contributed by atoms with Crippen molar-refractivity contribution in [3.8, 4) is 0 Å². The third-order valence-corrected chi connectivity index (χ3v) is 4.77. The maximum absolute atomic E-state index is 13.5. The molecular weight excluding hydrogens is 307 g/mol. The number of likely N-dealkylation sites (tertiary alicyclic amines) is 1. The van der Waals surface area contributed by atoms with Crippen LogP contribution in [-0.4, -0.2) is 24.0 Å². The number of hydrogen-bond acceptors (Lipinski definition) is 2. The zero-order chi connectivity index (χ0) is 14.0. The lowest BCUT2D eigenvalue weighted by atomic mass is 9.98. The van der Waals surface area contributed by atoms with Gasteiger partial charge in [-0.15, -0.1) is 0 Å². The van der Waals surface area contributed by atoms with Gasteiger partial charge >= 0.3 is 0 Å². The van der Waals surface area contributed by atoms with E-state index in [4.69, 9.17) is 5.73 Å². The topological polar surface area (TPSA) is 29.3 Å². The highest BCUT2D eigenvalue weighted by Crippen LogP contribution is 2.35. The summed E-state index contributed by atoms with van der Waals surface area (Å²) in [6, 6.07) is 5.50. The van der Waals surface area contributed by atoms with E-state index < -0.39 is 0 Å². The first-order chi connectivity index (χ1) is 9.04. The molecule has 1 aliphatic rings. The van der Waals surface area contributed by atoms with Gasteiger partial charge in [0, 0.05) is 23.1 Å². The predicted molar refractivity (Wildman–Crippen MR) is 80.5 cm³/mol. The third-order valence-electron chi connectivity index (χ3n) is 4.05. The van der Waals surface area contributed by atoms with Gasteiger partial charge in [-0.25, -0.2) is 4.39 Å². The molecule has 0 aliphatic carbocycles. The van der Waals surface area contributed by atoms with Gasteiger partial charge in [0.25, 0.3) is 0 Å². The van der Waals surface area contributed by atoms with Crippen LogP contribution in [0.3, 0.4) is 0 Å². The monoisotopic (exact) mass is 328 g/mol. The number of nitrogens with zero attached hydrogens (tertiary/aromatic N) is 1. The molecule has 2 atom stereocenters. The molecule has 4 heteroatoms. The predicted octanol–water partition coefficient (Wildman–Crippen LogP) is 3.71. The van der Waals surface area contributed by atoms with Crippen molar-refractivity contribution in [3.05, 3.63) is 34.1 Å². The molecule has 2 unspecified atom stereocenters. The fourth-order valence-corrected chi connectivity index (χ4v) is 3.64. The van der Waals surface area contributed by atoms with E-state index >= 15 is 0 Å². The Morgan fingerprint density at radius 2 is 2.21 bits per heavy atom. The second-order valence-corrected chi connectivity index (χ2v) is 6.46. The summed E-state index contributed by atoms with van der Waals surface area (Å²) in [6.45, 7) is 6.06. The lowest BCUT2D eigenvalue weighted by Gasteiger charge is -2.35. The molecule has 2 rings (SSSR count). The van der Waals surface area contributed by atoms with E-state index in [0.717, 1.165) is 16.6 Å². The highest BCUT2D eigenvalue weighted by atomic mass is 79.9. The van der Waals surface area contributed by atoms with Crippen molar-refractivity contribution >= 4 is 15.9 Å². The molecule has 0 bridgehead atoms. The number of nitrogens with two attached hydrogens (primary N) is 1. The van der Waals surface area contributed by atoms with Crippen molar-refractivity contribution in [2.24, 2.45) is 11.7 Å². The Balaban J connectivity index is 2.31. The summed E-state index contributed by atoms with van der Waals surface area (Å²) < 4.78 is 14.4. The molecular formula is C15H22BrFN2. The number of rotatable bonds is 4. The Morgan fingerprint density at radius 1 is 1.47 bits per heavy atom. The van der Waals surface area contributed by atoms with Crippen LogP contribution in [0.4, 0.5) is 4.39 Å². The normalized spacial score (nSPS) is 22.1. The van der Waals surface area contributed by atoms with Crippen LogP contribution in [0.25, 0.3) is 0 Å². The van der Waals surface area contributed by atoms with Crippen LogP contribution in [0.5, 0.6) is 0 Å². The van der Waals surface area contributed by atoms with Crippen molar-refractivity contribution in [2.75, 3.05) is 13.1 Å². The maximum atomic E-state index is 13.5. The van der Waals surface area contributed by atoms with Gasteiger partial charge in [0.05, 0.1) is 0 Å². The Bertz CT molecular complexity index is 436. The highest BCUT2D eigenvalue weighted by Gasteiger charge is 2.33. The molecule has 0 saturated carbocycles. The SMILES string of the molecule is CC(C)C1CCCN1C(CN)c1cc(F)ccc1Br. The highest BCUT2D eigenvalue weighted by molar-refractivity contribution is 9.10. The summed E-state index contributed by atoms with van der Waals surface area (Å²) in [7, 11) is 0. The quantitative estimate of drug-likeness (QED) is 0.912. The van der Waals surface area contributed by atoms with Crippen LogP contribution in [0.1, 0.15) is 38.3 Å². The van der Waals surface area contributed by atoms with E-state index in [1.54, 1.807) is 12.1 Å². The second-order valence-electron chi connectivity index (χ2n) is 5.61. The molecule has 1 saturated heterocycles. The van der Waals surface area contributed by atoms with Gasteiger partial charge in [-0.2, -0.15) is 0 Å². The molecule has 1 fully saturated rings. The number of benzene rings is 1. The summed E-state index contributed by atoms with van der Waals surface area (Å²) in [5.41, 5.74) is 6.95. The van der Waals surface area contributed by atoms with E-state index in [1.807, 2.05) is 0 Å². The van der Waals surface area contributed by atoms with E-state index in [0.29, 0.717) is 18.5 Å². The lowest BCUT2D eigenvalue weighted by molar-refractivity contribution is 0.149. The molecule has 0 aromatic heterocycles. The maximum Gasteiger partial charge on any atom is 0.123 e. The van der Waals surface area contributed by atoms with Crippen molar-refractivity contribution in [3.63, 3.8) is 0 Å². The zero-order valence-corrected chi connectivity index (χ0v) is 13.2. The van der Waals surface area contributed by atoms with Crippen LogP contribution >= 0.6 is 15.9 Å². The van der Waals surface area contributed by atoms with E-state index in [1.165, 1.54) is 18.9 Å². The smallest absolute Gasteiger partial charge is 0.123 e. The average molecular weight is 329 g/mol. The molecule has 1 heterocycles. The van der Waals surface area contributed by atoms with Crippen LogP contribution in [0.2, 0.25) is 0 Å². The molecule has 19 heavy (non-hydrogen) atoms. The average Bonchev–Trinajstić information content (AvgIpc) is 2.84. The van der Waals surface area contributed by atoms with Crippen LogP contribution < -0.4 is 5.73 Å². The Morgan fingerprint density at radius 3 is 2.84 bits per heavy atom. The summed E-state index contributed by atoms with van der Waals surface area (Å²) in [4.78, 5) is 2.45. The molecule has 2 N–H and O–H groups in total. The van der Waals surface area contributed by atoms with Gasteiger partial charge in [-0.3, -0.25) is 4.90 Å². The van der Waals surface area contributed by atoms with Gasteiger partial charge in [0.1, 0.15) is 5.82 Å². The molecule has 0 radical (unpaired) electrons. The summed E-state index contributed by atoms with van der Waals surface area (Å²) >= 11 is 3.53. The number of halogens is 2. The van der Waals surface area contributed by atoms with Gasteiger partial charge < -0.3 is 5.73 Å². The Hall–Kier alpha value is -0.450. The first-order valence-corrected chi connectivity index (χ1v) is 7.74. The summed E-state index contributed by atoms with van der Waals surface area (Å²) in [6.07, 6.45) is 2.41. The second kappa shape index (κ2) is 6.33. The summed E-state index contributed by atoms with van der Waals surface area (Å²) in [5, 5.41) is 0. The van der Waals surface area contributed by atoms with Gasteiger partial charge in [-0.1, -0.05) is 29.8 Å². The minimum absolute atomic E-state index is 0.0972. The molecule has 1 aliphatic heterocycles. The van der Waals surface area contributed by atoms with Crippen molar-refractivity contribution in [2.45, 2.75) is 38.8 Å². The van der Waals surface area contributed by atoms with Crippen molar-refractivity contribution < 1.29 is 4.39 Å². The zero-order valence-electron chi connectivity index (χ0n) is 11.6. The molecule has 1 aromatic carbocycles. The van der Waals surface area contributed by atoms with Gasteiger partial charge in [0.15, 0.2) is 0 Å². The number of hydrogen-bond donors (Lipinski definition) is 1. The molecule has 2 nitrogen and oxygen atoms in total. The minimum Gasteiger partial charge on any atom is -0.329 e. The Kier molecular flexibility index (Phi) is 4.98. The largest absolute Gasteiger partial charge is 0.329 e. The first kappa shape index (κ1) is 14.9. The lowest BCUT2D eigenvalue weighted by Crippen LogP contribution is -2.40. The van der Waals surface area contributed by atoms with Crippen molar-refractivity contribution in [1.29, 1.82) is 0 Å². The van der Waals surface area contributed by atoms with Crippen molar-refractivity contribution in [1.82, 2.24) is 4.90 Å². The third kappa shape index (κ3) is 3.18. The van der Waals surface area contributed by atoms with E-state index in [9.17, 15) is 4.39 Å². The van der Waals surface area contributed by atoms with E-state index in [2.05, 4.69) is 34.7 Å². The van der Waals surface area contributed by atoms with E-state index in [-0.39, 0.29) is 11.9 Å². The Labute approximate surface area is 123 Å². The fourth-order valence-electron chi connectivity index (χ4n) is 3.13. The van der Waals surface area contributed by atoms with Crippen LogP contribution in [-0.2, 0) is 0 Å². The molecule has 1 aromatic rings. The van der Waals surface area contributed by atoms with Gasteiger partial charge in [-0.05, 0) is 49.1 Å². The summed E-state index contributed by atoms with van der Waals surface area (Å²) in [5.74, 6) is 0.404. The standard InChI is InChI=1S/C15H22BrFN2/c1-10(2)14-4-3-7-19(14)15(9-18)12-8-11(17)5-6-13(12)16/h5-6,8,10,14-15H,3-4,7,9,18H2,1-2H3. The van der Waals surface area contributed by atoms with Crippen LogP contribution in [0, 0.1) is 11.7 Å². The molecule has 106 valence electrons. The minimum atomic E-state index is -0.197. The molecule has 0 amide bonds. The fraction of sp³-hybridized carbons (Fsp3) is 0.600. The molecule has 0 spiro atoms.